The predicted molar refractivity (Wildman–Crippen MR) is 114 cm³/mol. The Morgan fingerprint density at radius 1 is 1.07 bits per heavy atom. The zero-order valence-corrected chi connectivity index (χ0v) is 16.5. The molecule has 0 bridgehead atoms. The summed E-state index contributed by atoms with van der Waals surface area (Å²) < 4.78 is 0. The number of hydrogen-bond donors (Lipinski definition) is 1. The SMILES string of the molecule is C[C@H](CCCCc1ccccc1)NCc1ccc2cnccc2c1C#N.Cl. The first kappa shape index (κ1) is 20.9. The van der Waals surface area contributed by atoms with E-state index >= 15 is 0 Å². The molecule has 0 amide bonds. The van der Waals surface area contributed by atoms with Crippen molar-refractivity contribution >= 4 is 23.2 Å². The molecule has 1 heterocycles. The van der Waals surface area contributed by atoms with Gasteiger partial charge in [-0.2, -0.15) is 5.26 Å². The molecule has 1 aromatic heterocycles. The quantitative estimate of drug-likeness (QED) is 0.531. The van der Waals surface area contributed by atoms with Crippen molar-refractivity contribution in [2.75, 3.05) is 0 Å². The van der Waals surface area contributed by atoms with Gasteiger partial charge in [-0.25, -0.2) is 0 Å². The summed E-state index contributed by atoms with van der Waals surface area (Å²) >= 11 is 0. The Balaban J connectivity index is 0.00000261. The van der Waals surface area contributed by atoms with Crippen molar-refractivity contribution in [2.45, 2.75) is 45.2 Å². The van der Waals surface area contributed by atoms with E-state index in [9.17, 15) is 5.26 Å². The third-order valence-electron chi connectivity index (χ3n) is 4.85. The Labute approximate surface area is 167 Å². The molecule has 1 N–H and O–H groups in total. The maximum atomic E-state index is 9.57. The van der Waals surface area contributed by atoms with Crippen molar-refractivity contribution in [1.29, 1.82) is 5.26 Å². The van der Waals surface area contributed by atoms with Gasteiger partial charge < -0.3 is 5.32 Å². The normalized spacial score (nSPS) is 11.6. The third kappa shape index (κ3) is 5.79. The maximum Gasteiger partial charge on any atom is 0.100 e. The fourth-order valence-electron chi connectivity index (χ4n) is 3.30. The molecule has 0 spiro atoms. The lowest BCUT2D eigenvalue weighted by molar-refractivity contribution is 0.489. The molecule has 3 aromatic rings. The number of hydrogen-bond acceptors (Lipinski definition) is 3. The lowest BCUT2D eigenvalue weighted by Crippen LogP contribution is -2.25. The van der Waals surface area contributed by atoms with E-state index in [0.717, 1.165) is 41.3 Å². The second-order valence-corrected chi connectivity index (χ2v) is 6.82. The summed E-state index contributed by atoms with van der Waals surface area (Å²) in [6.07, 6.45) is 8.26. The fraction of sp³-hybridized carbons (Fsp3) is 0.304. The summed E-state index contributed by atoms with van der Waals surface area (Å²) in [6, 6.07) is 19.5. The fourth-order valence-corrected chi connectivity index (χ4v) is 3.30. The molecule has 140 valence electrons. The smallest absolute Gasteiger partial charge is 0.100 e. The van der Waals surface area contributed by atoms with Crippen molar-refractivity contribution in [1.82, 2.24) is 10.3 Å². The van der Waals surface area contributed by atoms with Gasteiger partial charge in [-0.3, -0.25) is 4.98 Å². The van der Waals surface area contributed by atoms with Gasteiger partial charge in [0.15, 0.2) is 0 Å². The number of fused-ring (bicyclic) bond motifs is 1. The summed E-state index contributed by atoms with van der Waals surface area (Å²) in [4.78, 5) is 4.13. The van der Waals surface area contributed by atoms with Gasteiger partial charge in [-0.1, -0.05) is 48.9 Å². The van der Waals surface area contributed by atoms with E-state index in [4.69, 9.17) is 0 Å². The molecule has 0 saturated carbocycles. The van der Waals surface area contributed by atoms with Crippen LogP contribution in [-0.4, -0.2) is 11.0 Å². The van der Waals surface area contributed by atoms with Crippen LogP contribution in [0.15, 0.2) is 60.9 Å². The minimum Gasteiger partial charge on any atom is -0.310 e. The van der Waals surface area contributed by atoms with Gasteiger partial charge in [0, 0.05) is 35.8 Å². The van der Waals surface area contributed by atoms with Crippen LogP contribution < -0.4 is 5.32 Å². The molecule has 0 aliphatic heterocycles. The van der Waals surface area contributed by atoms with Crippen LogP contribution in [0.2, 0.25) is 0 Å². The molecule has 0 aliphatic rings. The van der Waals surface area contributed by atoms with Gasteiger partial charge in [-0.05, 0) is 43.4 Å². The van der Waals surface area contributed by atoms with Gasteiger partial charge in [0.25, 0.3) is 0 Å². The van der Waals surface area contributed by atoms with E-state index in [2.05, 4.69) is 53.6 Å². The average Bonchev–Trinajstić information content (AvgIpc) is 2.70. The van der Waals surface area contributed by atoms with Crippen LogP contribution in [0.25, 0.3) is 10.8 Å². The Morgan fingerprint density at radius 2 is 1.89 bits per heavy atom. The van der Waals surface area contributed by atoms with Crippen LogP contribution in [-0.2, 0) is 13.0 Å². The predicted octanol–water partition coefficient (Wildman–Crippen LogP) is 5.42. The maximum absolute atomic E-state index is 9.57. The third-order valence-corrected chi connectivity index (χ3v) is 4.85. The van der Waals surface area contributed by atoms with E-state index in [1.54, 1.807) is 6.20 Å². The Hall–Kier alpha value is -2.41. The molecule has 0 aliphatic carbocycles. The van der Waals surface area contributed by atoms with E-state index in [1.807, 2.05) is 24.4 Å². The molecule has 0 saturated heterocycles. The topological polar surface area (TPSA) is 48.7 Å². The number of nitrogens with zero attached hydrogens (tertiary/aromatic N) is 2. The first-order valence-electron chi connectivity index (χ1n) is 9.31. The van der Waals surface area contributed by atoms with Crippen molar-refractivity contribution in [3.63, 3.8) is 0 Å². The van der Waals surface area contributed by atoms with Gasteiger partial charge in [0.1, 0.15) is 6.07 Å². The molecule has 0 unspecified atom stereocenters. The summed E-state index contributed by atoms with van der Waals surface area (Å²) in [5, 5.41) is 15.1. The Bertz CT molecular complexity index is 887. The van der Waals surface area contributed by atoms with E-state index in [1.165, 1.54) is 18.4 Å². The average molecular weight is 380 g/mol. The highest BCUT2D eigenvalue weighted by atomic mass is 35.5. The van der Waals surface area contributed by atoms with E-state index in [-0.39, 0.29) is 12.4 Å². The summed E-state index contributed by atoms with van der Waals surface area (Å²) in [6.45, 7) is 2.94. The lowest BCUT2D eigenvalue weighted by atomic mass is 10.0. The summed E-state index contributed by atoms with van der Waals surface area (Å²) in [5.74, 6) is 0. The summed E-state index contributed by atoms with van der Waals surface area (Å²) in [5.41, 5.74) is 3.23. The molecule has 1 atom stereocenters. The first-order chi connectivity index (χ1) is 12.8. The number of nitriles is 1. The van der Waals surface area contributed by atoms with Crippen molar-refractivity contribution in [2.24, 2.45) is 0 Å². The number of unbranched alkanes of at least 4 members (excludes halogenated alkanes) is 1. The Morgan fingerprint density at radius 3 is 2.67 bits per heavy atom. The van der Waals surface area contributed by atoms with Gasteiger partial charge in [0.2, 0.25) is 0 Å². The molecule has 27 heavy (non-hydrogen) atoms. The molecule has 3 nitrogen and oxygen atoms in total. The second-order valence-electron chi connectivity index (χ2n) is 6.82. The monoisotopic (exact) mass is 379 g/mol. The van der Waals surface area contributed by atoms with Crippen LogP contribution in [0, 0.1) is 11.3 Å². The number of aromatic nitrogens is 1. The first-order valence-corrected chi connectivity index (χ1v) is 9.31. The zero-order chi connectivity index (χ0) is 18.2. The number of rotatable bonds is 8. The molecule has 4 heteroatoms. The van der Waals surface area contributed by atoms with Crippen LogP contribution in [0.3, 0.4) is 0 Å². The van der Waals surface area contributed by atoms with Crippen LogP contribution in [0.5, 0.6) is 0 Å². The molecule has 0 fully saturated rings. The lowest BCUT2D eigenvalue weighted by Gasteiger charge is -2.15. The number of halogens is 1. The number of benzene rings is 2. The van der Waals surface area contributed by atoms with Crippen LogP contribution >= 0.6 is 12.4 Å². The highest BCUT2D eigenvalue weighted by Gasteiger charge is 2.09. The second kappa shape index (κ2) is 10.7. The van der Waals surface area contributed by atoms with Crippen molar-refractivity contribution in [3.05, 3.63) is 77.6 Å². The van der Waals surface area contributed by atoms with Crippen molar-refractivity contribution in [3.8, 4) is 6.07 Å². The molecular formula is C23H26ClN3. The highest BCUT2D eigenvalue weighted by molar-refractivity contribution is 5.88. The minimum atomic E-state index is 0. The number of nitrogens with one attached hydrogen (secondary N) is 1. The molecular weight excluding hydrogens is 354 g/mol. The molecule has 0 radical (unpaired) electrons. The van der Waals surface area contributed by atoms with Gasteiger partial charge in [0.05, 0.1) is 5.56 Å². The minimum absolute atomic E-state index is 0. The number of pyridine rings is 1. The Kier molecular flexibility index (Phi) is 8.26. The molecule has 2 aromatic carbocycles. The van der Waals surface area contributed by atoms with Gasteiger partial charge >= 0.3 is 0 Å². The largest absolute Gasteiger partial charge is 0.310 e. The van der Waals surface area contributed by atoms with E-state index < -0.39 is 0 Å². The zero-order valence-electron chi connectivity index (χ0n) is 15.7. The van der Waals surface area contributed by atoms with E-state index in [0.29, 0.717) is 6.04 Å². The van der Waals surface area contributed by atoms with Crippen LogP contribution in [0.4, 0.5) is 0 Å². The summed E-state index contributed by atoms with van der Waals surface area (Å²) in [7, 11) is 0. The van der Waals surface area contributed by atoms with Crippen LogP contribution in [0.1, 0.15) is 42.9 Å². The molecule has 3 rings (SSSR count). The van der Waals surface area contributed by atoms with Crippen molar-refractivity contribution < 1.29 is 0 Å². The van der Waals surface area contributed by atoms with Gasteiger partial charge in [-0.15, -0.1) is 12.4 Å². The highest BCUT2D eigenvalue weighted by Crippen LogP contribution is 2.21. The number of aryl methyl sites for hydroxylation is 1. The standard InChI is InChI=1S/C23H25N3.ClH/c1-18(7-5-6-10-19-8-3-2-4-9-19)26-17-21-12-11-20-16-25-14-13-22(20)23(21)15-24;/h2-4,8-9,11-14,16,18,26H,5-7,10,17H2,1H3;1H/t18-;/m1./s1.